The van der Waals surface area contributed by atoms with Crippen molar-refractivity contribution in [2.24, 2.45) is 0 Å². The fourth-order valence-electron chi connectivity index (χ4n) is 9.80. The second-order valence-electron chi connectivity index (χ2n) is 15.6. The van der Waals surface area contributed by atoms with Gasteiger partial charge in [-0.15, -0.1) is 11.3 Å². The monoisotopic (exact) mass is 733 g/mol. The smallest absolute Gasteiger partial charge is 0.159 e. The van der Waals surface area contributed by atoms with E-state index >= 15 is 0 Å². The molecule has 0 unspecified atom stereocenters. The van der Waals surface area contributed by atoms with Crippen LogP contribution in [0.2, 0.25) is 0 Å². The summed E-state index contributed by atoms with van der Waals surface area (Å²) >= 11 is 1.85. The molecule has 9 aromatic carbocycles. The highest BCUT2D eigenvalue weighted by molar-refractivity contribution is 7.25. The molecule has 0 radical (unpaired) electrons. The Morgan fingerprint density at radius 2 is 1.12 bits per heavy atom. The maximum Gasteiger partial charge on any atom is 0.159 e. The molecule has 0 spiro atoms. The second kappa shape index (κ2) is 11.7. The minimum absolute atomic E-state index is 0.253. The Labute approximate surface area is 328 Å². The van der Waals surface area contributed by atoms with E-state index in [1.807, 2.05) is 11.3 Å². The number of rotatable bonds is 4. The van der Waals surface area contributed by atoms with Crippen molar-refractivity contribution in [3.8, 4) is 22.3 Å². The van der Waals surface area contributed by atoms with Crippen LogP contribution in [0, 0.1) is 0 Å². The standard InChI is InChI=1S/C53H35NOS/c1-53(2)43-26-13-24-39(36-23-12-16-32-15-6-7-19-35(32)36)48(43)49-50(53)41-22-9-8-21-40(41)47-42-25-14-27-44(51(42)55-52(47)49)54(33-17-4-3-5-18-33)34-29-30-38-37-20-10-11-28-45(37)56-46(38)31-34/h3-31H,1-2H3. The first kappa shape index (κ1) is 31.6. The Kier molecular flexibility index (Phi) is 6.59. The van der Waals surface area contributed by atoms with Crippen LogP contribution in [-0.2, 0) is 5.41 Å². The summed E-state index contributed by atoms with van der Waals surface area (Å²) in [6.07, 6.45) is 0. The van der Waals surface area contributed by atoms with E-state index in [0.717, 1.165) is 33.6 Å². The quantitative estimate of drug-likeness (QED) is 0.179. The number of anilines is 3. The Morgan fingerprint density at radius 1 is 0.464 bits per heavy atom. The van der Waals surface area contributed by atoms with E-state index in [0.29, 0.717) is 0 Å². The molecule has 0 aliphatic heterocycles. The van der Waals surface area contributed by atoms with Crippen LogP contribution in [-0.4, -0.2) is 0 Å². The highest BCUT2D eigenvalue weighted by Gasteiger charge is 2.41. The van der Waals surface area contributed by atoms with E-state index in [-0.39, 0.29) is 5.41 Å². The van der Waals surface area contributed by atoms with Crippen LogP contribution >= 0.6 is 11.3 Å². The minimum Gasteiger partial charge on any atom is -0.453 e. The zero-order valence-corrected chi connectivity index (χ0v) is 31.8. The highest BCUT2D eigenvalue weighted by atomic mass is 32.1. The van der Waals surface area contributed by atoms with Crippen LogP contribution in [0.1, 0.15) is 25.0 Å². The first-order valence-corrected chi connectivity index (χ1v) is 20.2. The number of hydrogen-bond donors (Lipinski definition) is 0. The molecule has 0 fully saturated rings. The summed E-state index contributed by atoms with van der Waals surface area (Å²) in [5.74, 6) is 0. The third-order valence-corrected chi connectivity index (χ3v) is 13.3. The first-order valence-electron chi connectivity index (χ1n) is 19.4. The average Bonchev–Trinajstić information content (AvgIpc) is 3.89. The lowest BCUT2D eigenvalue weighted by Crippen LogP contribution is -2.15. The molecule has 1 aliphatic rings. The van der Waals surface area contributed by atoms with Crippen LogP contribution < -0.4 is 4.90 Å². The molecule has 56 heavy (non-hydrogen) atoms. The molecule has 11 aromatic rings. The molecule has 3 heteroatoms. The fraction of sp³-hybridized carbons (Fsp3) is 0.0566. The largest absolute Gasteiger partial charge is 0.453 e. The van der Waals surface area contributed by atoms with Gasteiger partial charge in [0.15, 0.2) is 5.58 Å². The van der Waals surface area contributed by atoms with Gasteiger partial charge < -0.3 is 9.32 Å². The molecule has 2 aromatic heterocycles. The predicted molar refractivity (Wildman–Crippen MR) is 239 cm³/mol. The van der Waals surface area contributed by atoms with Crippen LogP contribution in [0.3, 0.4) is 0 Å². The molecule has 0 atom stereocenters. The first-order chi connectivity index (χ1) is 27.6. The summed E-state index contributed by atoms with van der Waals surface area (Å²) in [7, 11) is 0. The number of furan rings is 1. The number of nitrogens with zero attached hydrogens (tertiary/aromatic N) is 1. The number of hydrogen-bond acceptors (Lipinski definition) is 3. The molecule has 0 bridgehead atoms. The Bertz CT molecular complexity index is 3400. The zero-order valence-electron chi connectivity index (χ0n) is 31.0. The molecule has 1 aliphatic carbocycles. The molecule has 0 saturated carbocycles. The molecule has 264 valence electrons. The summed E-state index contributed by atoms with van der Waals surface area (Å²) in [4.78, 5) is 2.37. The fourth-order valence-corrected chi connectivity index (χ4v) is 10.9. The van der Waals surface area contributed by atoms with Gasteiger partial charge in [-0.05, 0) is 85.8 Å². The molecule has 12 rings (SSSR count). The van der Waals surface area contributed by atoms with Crippen LogP contribution in [0.15, 0.2) is 180 Å². The lowest BCUT2D eigenvalue weighted by molar-refractivity contribution is 0.658. The van der Waals surface area contributed by atoms with Crippen molar-refractivity contribution in [2.45, 2.75) is 19.3 Å². The zero-order chi connectivity index (χ0) is 37.1. The van der Waals surface area contributed by atoms with Gasteiger partial charge in [0, 0.05) is 53.3 Å². The summed E-state index contributed by atoms with van der Waals surface area (Å²) in [6.45, 7) is 4.77. The lowest BCUT2D eigenvalue weighted by atomic mass is 9.79. The van der Waals surface area contributed by atoms with E-state index in [1.165, 1.54) is 80.5 Å². The van der Waals surface area contributed by atoms with Gasteiger partial charge in [0.05, 0.1) is 5.69 Å². The number of para-hydroxylation sites is 2. The van der Waals surface area contributed by atoms with Crippen molar-refractivity contribution in [1.82, 2.24) is 0 Å². The van der Waals surface area contributed by atoms with Crippen LogP contribution in [0.25, 0.3) is 85.9 Å². The van der Waals surface area contributed by atoms with E-state index in [9.17, 15) is 0 Å². The summed E-state index contributed by atoms with van der Waals surface area (Å²) < 4.78 is 10.1. The molecule has 2 heterocycles. The number of benzene rings is 9. The molecule has 2 nitrogen and oxygen atoms in total. The van der Waals surface area contributed by atoms with E-state index in [1.54, 1.807) is 0 Å². The van der Waals surface area contributed by atoms with Crippen molar-refractivity contribution in [3.05, 3.63) is 187 Å². The van der Waals surface area contributed by atoms with Gasteiger partial charge in [0.2, 0.25) is 0 Å². The van der Waals surface area contributed by atoms with Crippen molar-refractivity contribution >= 4 is 92.1 Å². The topological polar surface area (TPSA) is 16.4 Å². The molecular weight excluding hydrogens is 699 g/mol. The minimum atomic E-state index is -0.253. The third-order valence-electron chi connectivity index (χ3n) is 12.2. The maximum atomic E-state index is 7.48. The van der Waals surface area contributed by atoms with E-state index in [2.05, 4.69) is 195 Å². The van der Waals surface area contributed by atoms with Gasteiger partial charge in [-0.25, -0.2) is 0 Å². The van der Waals surface area contributed by atoms with Crippen LogP contribution in [0.4, 0.5) is 17.1 Å². The second-order valence-corrected chi connectivity index (χ2v) is 16.7. The van der Waals surface area contributed by atoms with Crippen molar-refractivity contribution in [3.63, 3.8) is 0 Å². The lowest BCUT2D eigenvalue weighted by Gasteiger charge is -2.25. The summed E-state index contributed by atoms with van der Waals surface area (Å²) in [6, 6.07) is 64.2. The predicted octanol–water partition coefficient (Wildman–Crippen LogP) is 15.7. The van der Waals surface area contributed by atoms with E-state index < -0.39 is 0 Å². The maximum absolute atomic E-state index is 7.48. The normalized spacial score (nSPS) is 13.3. The molecule has 0 N–H and O–H groups in total. The van der Waals surface area contributed by atoms with Crippen LogP contribution in [0.5, 0.6) is 0 Å². The van der Waals surface area contributed by atoms with Crippen molar-refractivity contribution in [2.75, 3.05) is 4.90 Å². The third kappa shape index (κ3) is 4.32. The van der Waals surface area contributed by atoms with Gasteiger partial charge in [-0.1, -0.05) is 153 Å². The van der Waals surface area contributed by atoms with Gasteiger partial charge in [0.25, 0.3) is 0 Å². The van der Waals surface area contributed by atoms with Crippen molar-refractivity contribution in [1.29, 1.82) is 0 Å². The molecule has 0 amide bonds. The number of thiophene rings is 1. The van der Waals surface area contributed by atoms with Gasteiger partial charge in [-0.2, -0.15) is 0 Å². The highest BCUT2D eigenvalue weighted by Crippen LogP contribution is 2.59. The Balaban J connectivity index is 1.18. The van der Waals surface area contributed by atoms with Gasteiger partial charge in [0.1, 0.15) is 5.58 Å². The number of fused-ring (bicyclic) bond motifs is 14. The summed E-state index contributed by atoms with van der Waals surface area (Å²) in [5, 5.41) is 9.88. The molecular formula is C53H35NOS. The Morgan fingerprint density at radius 3 is 2.00 bits per heavy atom. The Hall–Kier alpha value is -6.68. The van der Waals surface area contributed by atoms with Gasteiger partial charge >= 0.3 is 0 Å². The summed E-state index contributed by atoms with van der Waals surface area (Å²) in [5.41, 5.74) is 12.4. The molecule has 0 saturated heterocycles. The van der Waals surface area contributed by atoms with Gasteiger partial charge in [-0.3, -0.25) is 0 Å². The van der Waals surface area contributed by atoms with E-state index in [4.69, 9.17) is 4.42 Å². The SMILES string of the molecule is CC1(C)c2cccc(-c3cccc4ccccc34)c2-c2c1c1ccccc1c1c2oc2c(N(c3ccccc3)c3ccc4c(c3)sc3ccccc34)cccc21. The average molecular weight is 734 g/mol. The van der Waals surface area contributed by atoms with Crippen molar-refractivity contribution < 1.29 is 4.42 Å².